The van der Waals surface area contributed by atoms with Gasteiger partial charge in [0.15, 0.2) is 0 Å². The minimum Gasteiger partial charge on any atom is -0.309 e. The molecule has 0 bridgehead atoms. The van der Waals surface area contributed by atoms with Crippen molar-refractivity contribution in [1.29, 1.82) is 0 Å². The lowest BCUT2D eigenvalue weighted by Crippen LogP contribution is -2.24. The van der Waals surface area contributed by atoms with E-state index in [4.69, 9.17) is 0 Å². The van der Waals surface area contributed by atoms with Crippen LogP contribution in [-0.2, 0) is 6.54 Å². The van der Waals surface area contributed by atoms with E-state index in [9.17, 15) is 0 Å². The van der Waals surface area contributed by atoms with Gasteiger partial charge in [-0.2, -0.15) is 0 Å². The number of hydrogen-bond acceptors (Lipinski definition) is 2. The quantitative estimate of drug-likeness (QED) is 0.762. The van der Waals surface area contributed by atoms with Crippen LogP contribution in [0.4, 0.5) is 0 Å². The zero-order valence-corrected chi connectivity index (χ0v) is 13.1. The summed E-state index contributed by atoms with van der Waals surface area (Å²) in [6.45, 7) is 5.47. The Morgan fingerprint density at radius 1 is 1.47 bits per heavy atom. The molecule has 0 fully saturated rings. The Labute approximate surface area is 113 Å². The molecule has 0 radical (unpaired) electrons. The Morgan fingerprint density at radius 3 is 2.73 bits per heavy atom. The third-order valence-corrected chi connectivity index (χ3v) is 5.57. The van der Waals surface area contributed by atoms with E-state index < -0.39 is 0 Å². The van der Waals surface area contributed by atoms with Gasteiger partial charge in [-0.05, 0) is 51.3 Å². The predicted molar refractivity (Wildman–Crippen MR) is 75.5 cm³/mol. The maximum absolute atomic E-state index is 3.54. The van der Waals surface area contributed by atoms with E-state index in [1.807, 2.05) is 0 Å². The molecule has 1 heterocycles. The lowest BCUT2D eigenvalue weighted by molar-refractivity contribution is 0.497. The highest BCUT2D eigenvalue weighted by Gasteiger charge is 2.05. The number of unbranched alkanes of at least 4 members (excludes halogenated alkanes) is 1. The van der Waals surface area contributed by atoms with Crippen molar-refractivity contribution in [2.75, 3.05) is 0 Å². The molecule has 1 N–H and O–H groups in total. The van der Waals surface area contributed by atoms with Gasteiger partial charge >= 0.3 is 0 Å². The molecule has 0 aliphatic heterocycles. The Morgan fingerprint density at radius 2 is 2.20 bits per heavy atom. The number of rotatable bonds is 6. The molecule has 1 atom stereocenters. The van der Waals surface area contributed by atoms with Gasteiger partial charge in [0.25, 0.3) is 0 Å². The average Bonchev–Trinajstić information content (AvgIpc) is 2.52. The summed E-state index contributed by atoms with van der Waals surface area (Å²) in [6.07, 6.45) is 3.86. The van der Waals surface area contributed by atoms with Gasteiger partial charge in [-0.25, -0.2) is 0 Å². The predicted octanol–water partition coefficient (Wildman–Crippen LogP) is 4.94. The van der Waals surface area contributed by atoms with Crippen LogP contribution >= 0.6 is 43.2 Å². The molecule has 1 aromatic rings. The smallest absolute Gasteiger partial charge is 0.0843 e. The van der Waals surface area contributed by atoms with E-state index in [2.05, 4.69) is 57.1 Å². The summed E-state index contributed by atoms with van der Waals surface area (Å²) in [5, 5.41) is 3.54. The summed E-state index contributed by atoms with van der Waals surface area (Å²) in [6, 6.07) is 2.79. The van der Waals surface area contributed by atoms with Crippen molar-refractivity contribution in [2.24, 2.45) is 0 Å². The first-order valence-electron chi connectivity index (χ1n) is 5.30. The second-order valence-electron chi connectivity index (χ2n) is 3.76. The van der Waals surface area contributed by atoms with E-state index in [0.29, 0.717) is 6.04 Å². The van der Waals surface area contributed by atoms with Crippen LogP contribution in [0.2, 0.25) is 0 Å². The first-order valence-corrected chi connectivity index (χ1v) is 7.70. The third kappa shape index (κ3) is 4.98. The lowest BCUT2D eigenvalue weighted by atomic mass is 10.1. The highest BCUT2D eigenvalue weighted by molar-refractivity contribution is 9.13. The molecule has 0 saturated carbocycles. The monoisotopic (exact) mass is 353 g/mol. The normalized spacial score (nSPS) is 13.1. The fraction of sp³-hybridized carbons (Fsp3) is 0.636. The molecule has 0 aliphatic carbocycles. The van der Waals surface area contributed by atoms with Crippen molar-refractivity contribution < 1.29 is 0 Å². The molecule has 1 nitrogen and oxygen atoms in total. The molecule has 1 rings (SSSR count). The van der Waals surface area contributed by atoms with Crippen LogP contribution in [0.15, 0.2) is 14.3 Å². The van der Waals surface area contributed by atoms with Crippen molar-refractivity contribution in [3.05, 3.63) is 19.2 Å². The molecule has 1 unspecified atom stereocenters. The molecule has 86 valence electrons. The fourth-order valence-electron chi connectivity index (χ4n) is 1.37. The molecular weight excluding hydrogens is 338 g/mol. The van der Waals surface area contributed by atoms with Crippen molar-refractivity contribution in [2.45, 2.75) is 45.7 Å². The van der Waals surface area contributed by atoms with Crippen LogP contribution in [0.3, 0.4) is 0 Å². The second-order valence-corrected chi connectivity index (χ2v) is 7.07. The topological polar surface area (TPSA) is 12.0 Å². The molecule has 15 heavy (non-hydrogen) atoms. The molecule has 1 aromatic heterocycles. The van der Waals surface area contributed by atoms with E-state index in [1.165, 1.54) is 27.9 Å². The largest absolute Gasteiger partial charge is 0.309 e. The van der Waals surface area contributed by atoms with Gasteiger partial charge in [0.1, 0.15) is 0 Å². The summed E-state index contributed by atoms with van der Waals surface area (Å²) in [5.41, 5.74) is 0. The number of hydrogen-bond donors (Lipinski definition) is 1. The lowest BCUT2D eigenvalue weighted by Gasteiger charge is -2.11. The highest BCUT2D eigenvalue weighted by Crippen LogP contribution is 2.32. The van der Waals surface area contributed by atoms with Crippen molar-refractivity contribution >= 4 is 43.2 Å². The van der Waals surface area contributed by atoms with Gasteiger partial charge in [0, 0.05) is 21.9 Å². The first-order chi connectivity index (χ1) is 7.13. The zero-order chi connectivity index (χ0) is 11.3. The SMILES string of the molecule is CCCCC(C)NCc1cc(Br)c(Br)s1. The average molecular weight is 355 g/mol. The van der Waals surface area contributed by atoms with E-state index in [1.54, 1.807) is 11.3 Å². The Bertz CT molecular complexity index is 279. The van der Waals surface area contributed by atoms with Crippen molar-refractivity contribution in [1.82, 2.24) is 5.32 Å². The Balaban J connectivity index is 2.30. The first kappa shape index (κ1) is 13.7. The van der Waals surface area contributed by atoms with E-state index in [0.717, 1.165) is 11.0 Å². The van der Waals surface area contributed by atoms with Gasteiger partial charge in [0.05, 0.1) is 3.79 Å². The molecule has 0 spiro atoms. The van der Waals surface area contributed by atoms with Crippen LogP contribution in [0, 0.1) is 0 Å². The summed E-state index contributed by atoms with van der Waals surface area (Å²) in [5.74, 6) is 0. The molecule has 4 heteroatoms. The van der Waals surface area contributed by atoms with Gasteiger partial charge in [0.2, 0.25) is 0 Å². The molecule has 0 saturated heterocycles. The zero-order valence-electron chi connectivity index (χ0n) is 9.15. The molecule has 0 aliphatic rings. The minimum absolute atomic E-state index is 0.615. The Hall–Kier alpha value is 0.620. The molecule has 0 amide bonds. The van der Waals surface area contributed by atoms with Gasteiger partial charge in [-0.1, -0.05) is 19.8 Å². The summed E-state index contributed by atoms with van der Waals surface area (Å²) in [4.78, 5) is 1.37. The van der Waals surface area contributed by atoms with Crippen LogP contribution < -0.4 is 5.32 Å². The van der Waals surface area contributed by atoms with Crippen molar-refractivity contribution in [3.63, 3.8) is 0 Å². The maximum atomic E-state index is 3.54. The number of thiophene rings is 1. The van der Waals surface area contributed by atoms with E-state index >= 15 is 0 Å². The van der Waals surface area contributed by atoms with Crippen LogP contribution in [0.1, 0.15) is 38.0 Å². The Kier molecular flexibility index (Phi) is 6.43. The molecular formula is C11H17Br2NS. The van der Waals surface area contributed by atoms with Crippen LogP contribution in [0.5, 0.6) is 0 Å². The van der Waals surface area contributed by atoms with Gasteiger partial charge in [-0.15, -0.1) is 11.3 Å². The number of nitrogens with one attached hydrogen (secondary N) is 1. The summed E-state index contributed by atoms with van der Waals surface area (Å²) >= 11 is 8.80. The van der Waals surface area contributed by atoms with Crippen LogP contribution in [-0.4, -0.2) is 6.04 Å². The minimum atomic E-state index is 0.615. The summed E-state index contributed by atoms with van der Waals surface area (Å²) < 4.78 is 2.34. The second kappa shape index (κ2) is 7.05. The van der Waals surface area contributed by atoms with E-state index in [-0.39, 0.29) is 0 Å². The fourth-order valence-corrected chi connectivity index (χ4v) is 3.49. The molecule has 0 aromatic carbocycles. The van der Waals surface area contributed by atoms with Crippen LogP contribution in [0.25, 0.3) is 0 Å². The van der Waals surface area contributed by atoms with Gasteiger partial charge < -0.3 is 5.32 Å². The maximum Gasteiger partial charge on any atom is 0.0843 e. The third-order valence-electron chi connectivity index (χ3n) is 2.31. The number of halogens is 2. The van der Waals surface area contributed by atoms with Crippen molar-refractivity contribution in [3.8, 4) is 0 Å². The van der Waals surface area contributed by atoms with Gasteiger partial charge in [-0.3, -0.25) is 0 Å². The summed E-state index contributed by atoms with van der Waals surface area (Å²) in [7, 11) is 0. The highest BCUT2D eigenvalue weighted by atomic mass is 79.9. The standard InChI is InChI=1S/C11H17Br2NS/c1-3-4-5-8(2)14-7-9-6-10(12)11(13)15-9/h6,8,14H,3-5,7H2,1-2H3.